The van der Waals surface area contributed by atoms with E-state index < -0.39 is 5.60 Å². The van der Waals surface area contributed by atoms with E-state index in [0.29, 0.717) is 6.54 Å². The maximum atomic E-state index is 11.6. The van der Waals surface area contributed by atoms with Crippen molar-refractivity contribution in [1.82, 2.24) is 10.3 Å². The van der Waals surface area contributed by atoms with Gasteiger partial charge >= 0.3 is 5.97 Å². The number of esters is 1. The summed E-state index contributed by atoms with van der Waals surface area (Å²) in [6, 6.07) is 0. The number of aromatic nitrogens is 1. The molecule has 6 heteroatoms. The number of rotatable bonds is 6. The molecule has 1 heterocycles. The summed E-state index contributed by atoms with van der Waals surface area (Å²) in [7, 11) is 0. The van der Waals surface area contributed by atoms with E-state index in [1.807, 2.05) is 6.20 Å². The van der Waals surface area contributed by atoms with Crippen molar-refractivity contribution in [2.75, 3.05) is 0 Å². The minimum Gasteiger partial charge on any atom is -0.460 e. The van der Waals surface area contributed by atoms with Crippen molar-refractivity contribution in [1.29, 1.82) is 0 Å². The quantitative estimate of drug-likeness (QED) is 0.819. The van der Waals surface area contributed by atoms with E-state index in [9.17, 15) is 9.59 Å². The van der Waals surface area contributed by atoms with E-state index in [1.54, 1.807) is 32.1 Å². The van der Waals surface area contributed by atoms with Gasteiger partial charge in [-0.2, -0.15) is 0 Å². The van der Waals surface area contributed by atoms with Crippen LogP contribution in [0.2, 0.25) is 0 Å². The third-order valence-corrected chi connectivity index (χ3v) is 3.50. The number of hydrogen-bond acceptors (Lipinski definition) is 5. The molecule has 1 aromatic rings. The molecule has 1 amide bonds. The fraction of sp³-hybridized carbons (Fsp3) is 0.643. The molecule has 0 atom stereocenters. The first-order valence-corrected chi connectivity index (χ1v) is 7.54. The molecule has 0 aliphatic carbocycles. The predicted molar refractivity (Wildman–Crippen MR) is 78.4 cm³/mol. The molecule has 1 aromatic heterocycles. The molecule has 0 fully saturated rings. The van der Waals surface area contributed by atoms with Crippen LogP contribution in [0.3, 0.4) is 0 Å². The minimum atomic E-state index is -0.509. The van der Waals surface area contributed by atoms with E-state index in [0.717, 1.165) is 11.4 Å². The third-order valence-electron chi connectivity index (χ3n) is 2.36. The largest absolute Gasteiger partial charge is 0.460 e. The zero-order valence-electron chi connectivity index (χ0n) is 12.5. The maximum Gasteiger partial charge on any atom is 0.306 e. The zero-order valence-corrected chi connectivity index (χ0v) is 13.3. The van der Waals surface area contributed by atoms with Crippen LogP contribution in [0.1, 0.15) is 50.4 Å². The van der Waals surface area contributed by atoms with Gasteiger partial charge in [0.1, 0.15) is 10.6 Å². The second-order valence-corrected chi connectivity index (χ2v) is 6.64. The average Bonchev–Trinajstić information content (AvgIpc) is 2.79. The van der Waals surface area contributed by atoms with Crippen LogP contribution >= 0.6 is 11.3 Å². The predicted octanol–water partition coefficient (Wildman–Crippen LogP) is 2.44. The highest BCUT2D eigenvalue weighted by Gasteiger charge is 2.17. The van der Waals surface area contributed by atoms with E-state index in [2.05, 4.69) is 17.2 Å². The highest BCUT2D eigenvalue weighted by molar-refractivity contribution is 7.11. The lowest BCUT2D eigenvalue weighted by Gasteiger charge is -2.19. The van der Waals surface area contributed by atoms with Crippen LogP contribution in [0.4, 0.5) is 0 Å². The van der Waals surface area contributed by atoms with Gasteiger partial charge in [0.2, 0.25) is 5.91 Å². The van der Waals surface area contributed by atoms with Gasteiger partial charge in [-0.15, -0.1) is 11.3 Å². The summed E-state index contributed by atoms with van der Waals surface area (Å²) in [5, 5.41) is 3.64. The Labute approximate surface area is 123 Å². The molecule has 0 aliphatic heterocycles. The number of amides is 1. The molecule has 0 bridgehead atoms. The van der Waals surface area contributed by atoms with E-state index >= 15 is 0 Å². The Balaban J connectivity index is 2.25. The first-order valence-electron chi connectivity index (χ1n) is 6.72. The van der Waals surface area contributed by atoms with E-state index in [1.165, 1.54) is 4.88 Å². The summed E-state index contributed by atoms with van der Waals surface area (Å²) in [5.74, 6) is -0.515. The van der Waals surface area contributed by atoms with Crippen molar-refractivity contribution in [3.8, 4) is 0 Å². The van der Waals surface area contributed by atoms with E-state index in [4.69, 9.17) is 4.74 Å². The zero-order chi connectivity index (χ0) is 15.2. The molecule has 0 aliphatic rings. The fourth-order valence-electron chi connectivity index (χ4n) is 1.46. The number of thiazole rings is 1. The summed E-state index contributed by atoms with van der Waals surface area (Å²) in [5.41, 5.74) is -0.509. The molecule has 0 saturated heterocycles. The molecule has 1 rings (SSSR count). The van der Waals surface area contributed by atoms with Gasteiger partial charge in [0.15, 0.2) is 0 Å². The van der Waals surface area contributed by atoms with Crippen LogP contribution in [-0.4, -0.2) is 22.5 Å². The Morgan fingerprint density at radius 3 is 2.60 bits per heavy atom. The first-order chi connectivity index (χ1) is 9.30. The van der Waals surface area contributed by atoms with Crippen LogP contribution in [0.5, 0.6) is 0 Å². The van der Waals surface area contributed by atoms with Crippen LogP contribution in [0.25, 0.3) is 0 Å². The molecule has 0 saturated carbocycles. The summed E-state index contributed by atoms with van der Waals surface area (Å²) >= 11 is 1.59. The molecule has 0 aromatic carbocycles. The number of carbonyl (C=O) groups excluding carboxylic acids is 2. The smallest absolute Gasteiger partial charge is 0.306 e. The molecule has 0 spiro atoms. The lowest BCUT2D eigenvalue weighted by Crippen LogP contribution is -2.26. The molecule has 20 heavy (non-hydrogen) atoms. The number of nitrogens with one attached hydrogen (secondary N) is 1. The molecule has 5 nitrogen and oxygen atoms in total. The third kappa shape index (κ3) is 6.65. The van der Waals surface area contributed by atoms with E-state index in [-0.39, 0.29) is 24.7 Å². The van der Waals surface area contributed by atoms with Crippen molar-refractivity contribution in [2.24, 2.45) is 0 Å². The van der Waals surface area contributed by atoms with Gasteiger partial charge in [0, 0.05) is 17.5 Å². The van der Waals surface area contributed by atoms with Crippen molar-refractivity contribution < 1.29 is 14.3 Å². The molecule has 0 radical (unpaired) electrons. The molecule has 0 unspecified atom stereocenters. The van der Waals surface area contributed by atoms with Crippen molar-refractivity contribution in [2.45, 2.75) is 59.1 Å². The Hall–Kier alpha value is -1.43. The van der Waals surface area contributed by atoms with Crippen LogP contribution in [0, 0.1) is 0 Å². The van der Waals surface area contributed by atoms with Gasteiger partial charge in [0.05, 0.1) is 13.0 Å². The number of aryl methyl sites for hydroxylation is 1. The summed E-state index contributed by atoms with van der Waals surface area (Å²) in [6.07, 6.45) is 3.01. The van der Waals surface area contributed by atoms with Gasteiger partial charge in [-0.1, -0.05) is 6.92 Å². The lowest BCUT2D eigenvalue weighted by molar-refractivity contribution is -0.155. The Kier molecular flexibility index (Phi) is 6.13. The second kappa shape index (κ2) is 7.38. The number of ether oxygens (including phenoxy) is 1. The van der Waals surface area contributed by atoms with Crippen molar-refractivity contribution >= 4 is 23.2 Å². The molecular weight excluding hydrogens is 276 g/mol. The normalized spacial score (nSPS) is 11.2. The van der Waals surface area contributed by atoms with Gasteiger partial charge in [-0.05, 0) is 27.2 Å². The standard InChI is InChI=1S/C14H22N2O3S/c1-5-10-8-16-12(20-10)9-15-11(17)6-7-13(18)19-14(2,3)4/h8H,5-7,9H2,1-4H3,(H,15,17). The first kappa shape index (κ1) is 16.6. The highest BCUT2D eigenvalue weighted by atomic mass is 32.1. The van der Waals surface area contributed by atoms with Crippen LogP contribution in [0.15, 0.2) is 6.20 Å². The maximum absolute atomic E-state index is 11.6. The van der Waals surface area contributed by atoms with Crippen LogP contribution in [-0.2, 0) is 27.3 Å². The summed E-state index contributed by atoms with van der Waals surface area (Å²) < 4.78 is 5.14. The Morgan fingerprint density at radius 2 is 2.05 bits per heavy atom. The highest BCUT2D eigenvalue weighted by Crippen LogP contribution is 2.13. The number of hydrogen-bond donors (Lipinski definition) is 1. The van der Waals surface area contributed by atoms with Gasteiger partial charge in [-0.3, -0.25) is 9.59 Å². The molecule has 1 N–H and O–H groups in total. The lowest BCUT2D eigenvalue weighted by atomic mass is 10.2. The van der Waals surface area contributed by atoms with Gasteiger partial charge < -0.3 is 10.1 Å². The number of carbonyl (C=O) groups is 2. The van der Waals surface area contributed by atoms with Crippen molar-refractivity contribution in [3.63, 3.8) is 0 Å². The van der Waals surface area contributed by atoms with Crippen LogP contribution < -0.4 is 5.32 Å². The molecular formula is C14H22N2O3S. The van der Waals surface area contributed by atoms with Gasteiger partial charge in [-0.25, -0.2) is 4.98 Å². The monoisotopic (exact) mass is 298 g/mol. The van der Waals surface area contributed by atoms with Crippen molar-refractivity contribution in [3.05, 3.63) is 16.1 Å². The SMILES string of the molecule is CCc1cnc(CNC(=O)CCC(=O)OC(C)(C)C)s1. The average molecular weight is 298 g/mol. The Morgan fingerprint density at radius 1 is 1.35 bits per heavy atom. The Bertz CT molecular complexity index is 463. The number of nitrogens with zero attached hydrogens (tertiary/aromatic N) is 1. The second-order valence-electron chi connectivity index (χ2n) is 5.44. The fourth-order valence-corrected chi connectivity index (χ4v) is 2.27. The summed E-state index contributed by atoms with van der Waals surface area (Å²) in [4.78, 5) is 28.5. The minimum absolute atomic E-state index is 0.0984. The van der Waals surface area contributed by atoms with Gasteiger partial charge in [0.25, 0.3) is 0 Å². The summed E-state index contributed by atoms with van der Waals surface area (Å²) in [6.45, 7) is 7.89. The molecule has 112 valence electrons. The topological polar surface area (TPSA) is 68.3 Å².